The Morgan fingerprint density at radius 3 is 2.45 bits per heavy atom. The summed E-state index contributed by atoms with van der Waals surface area (Å²) in [5.41, 5.74) is 10.9. The van der Waals surface area contributed by atoms with Crippen LogP contribution in [0.5, 0.6) is 5.75 Å². The van der Waals surface area contributed by atoms with Crippen LogP contribution >= 0.6 is 0 Å². The number of fused-ring (bicyclic) bond motifs is 5. The molecule has 6 rings (SSSR count). The van der Waals surface area contributed by atoms with Crippen molar-refractivity contribution in [1.29, 1.82) is 0 Å². The number of para-hydroxylation sites is 1. The number of amides is 1. The van der Waals surface area contributed by atoms with Crippen LogP contribution in [0.1, 0.15) is 22.8 Å². The number of carbonyl (C=O) groups excluding carboxylic acids is 1. The Morgan fingerprint density at radius 1 is 0.921 bits per heavy atom. The van der Waals surface area contributed by atoms with E-state index in [2.05, 4.69) is 27.5 Å². The fourth-order valence-electron chi connectivity index (χ4n) is 4.72. The van der Waals surface area contributed by atoms with Crippen LogP contribution in [-0.2, 0) is 6.42 Å². The number of nitrogen functional groups attached to an aromatic ring is 1. The maximum absolute atomic E-state index is 13.3. The van der Waals surface area contributed by atoms with E-state index >= 15 is 0 Å². The minimum atomic E-state index is -0.436. The Balaban J connectivity index is 1.54. The van der Waals surface area contributed by atoms with Crippen LogP contribution in [0.3, 0.4) is 0 Å². The number of nitrogens with one attached hydrogen (secondary N) is 2. The summed E-state index contributed by atoms with van der Waals surface area (Å²) in [6.07, 6.45) is 0.907. The van der Waals surface area contributed by atoms with E-state index in [-0.39, 0.29) is 17.0 Å². The second-order valence-electron chi connectivity index (χ2n) is 9.17. The van der Waals surface area contributed by atoms with Gasteiger partial charge in [0, 0.05) is 33.1 Å². The Bertz CT molecular complexity index is 1850. The van der Waals surface area contributed by atoms with Gasteiger partial charge in [-0.2, -0.15) is 5.11 Å². The molecule has 0 fully saturated rings. The van der Waals surface area contributed by atoms with Gasteiger partial charge in [0.25, 0.3) is 5.91 Å². The van der Waals surface area contributed by atoms with Crippen molar-refractivity contribution in [3.63, 3.8) is 0 Å². The highest BCUT2D eigenvalue weighted by molar-refractivity contribution is 6.22. The number of hydrogen-bond donors (Lipinski definition) is 4. The molecule has 1 heterocycles. The van der Waals surface area contributed by atoms with E-state index < -0.39 is 5.91 Å². The summed E-state index contributed by atoms with van der Waals surface area (Å²) in [6, 6.07) is 28.2. The van der Waals surface area contributed by atoms with Gasteiger partial charge in [0.1, 0.15) is 5.69 Å². The van der Waals surface area contributed by atoms with Crippen LogP contribution in [0.4, 0.5) is 22.7 Å². The fraction of sp³-hybridized carbons (Fsp3) is 0.0645. The molecule has 0 aliphatic carbocycles. The molecule has 0 saturated heterocycles. The van der Waals surface area contributed by atoms with Crippen molar-refractivity contribution in [2.24, 2.45) is 10.2 Å². The minimum absolute atomic E-state index is 0.110. The topological polar surface area (TPSA) is 116 Å². The van der Waals surface area contributed by atoms with Crippen molar-refractivity contribution >= 4 is 61.2 Å². The first-order valence-electron chi connectivity index (χ1n) is 12.4. The van der Waals surface area contributed by atoms with Gasteiger partial charge in [-0.1, -0.05) is 49.4 Å². The zero-order valence-corrected chi connectivity index (χ0v) is 20.7. The highest BCUT2D eigenvalue weighted by Gasteiger charge is 2.21. The van der Waals surface area contributed by atoms with E-state index in [0.717, 1.165) is 33.6 Å². The number of benzene rings is 5. The summed E-state index contributed by atoms with van der Waals surface area (Å²) in [5.74, 6) is -0.681. The van der Waals surface area contributed by atoms with Crippen molar-refractivity contribution in [3.05, 3.63) is 102 Å². The third-order valence-corrected chi connectivity index (χ3v) is 6.75. The molecular weight excluding hydrogens is 474 g/mol. The predicted octanol–water partition coefficient (Wildman–Crippen LogP) is 7.99. The molecule has 0 bridgehead atoms. The molecular formula is C31H25N5O2. The van der Waals surface area contributed by atoms with E-state index in [1.165, 1.54) is 5.56 Å². The first kappa shape index (κ1) is 23.2. The first-order valence-corrected chi connectivity index (χ1v) is 12.4. The van der Waals surface area contributed by atoms with Gasteiger partial charge in [0.05, 0.1) is 16.8 Å². The predicted molar refractivity (Wildman–Crippen MR) is 154 cm³/mol. The summed E-state index contributed by atoms with van der Waals surface area (Å²) in [5, 5.41) is 26.6. The van der Waals surface area contributed by atoms with Crippen molar-refractivity contribution in [1.82, 2.24) is 4.98 Å². The lowest BCUT2D eigenvalue weighted by Gasteiger charge is -2.12. The minimum Gasteiger partial charge on any atom is -0.505 e. The molecule has 1 amide bonds. The molecule has 0 unspecified atom stereocenters. The lowest BCUT2D eigenvalue weighted by Crippen LogP contribution is -2.12. The zero-order valence-electron chi connectivity index (χ0n) is 20.7. The quantitative estimate of drug-likeness (QED) is 0.142. The van der Waals surface area contributed by atoms with E-state index in [1.807, 2.05) is 60.7 Å². The summed E-state index contributed by atoms with van der Waals surface area (Å²) in [7, 11) is 0. The maximum Gasteiger partial charge on any atom is 0.259 e. The third kappa shape index (κ3) is 4.10. The monoisotopic (exact) mass is 499 g/mol. The molecule has 0 aliphatic rings. The molecule has 0 atom stereocenters. The largest absolute Gasteiger partial charge is 0.505 e. The van der Waals surface area contributed by atoms with Gasteiger partial charge >= 0.3 is 0 Å². The van der Waals surface area contributed by atoms with Crippen molar-refractivity contribution in [2.45, 2.75) is 13.3 Å². The Kier molecular flexibility index (Phi) is 5.73. The number of aryl methyl sites for hydroxylation is 1. The average Bonchev–Trinajstić information content (AvgIpc) is 3.32. The number of aromatic amines is 1. The zero-order chi connectivity index (χ0) is 26.2. The number of hydrogen-bond acceptors (Lipinski definition) is 5. The number of nitrogens with zero attached hydrogens (tertiary/aromatic N) is 2. The molecule has 0 spiro atoms. The Morgan fingerprint density at radius 2 is 1.68 bits per heavy atom. The van der Waals surface area contributed by atoms with Gasteiger partial charge in [-0.3, -0.25) is 4.79 Å². The molecule has 0 aliphatic heterocycles. The van der Waals surface area contributed by atoms with Crippen LogP contribution in [-0.4, -0.2) is 16.0 Å². The molecule has 7 nitrogen and oxygen atoms in total. The van der Waals surface area contributed by atoms with Crippen LogP contribution in [0.15, 0.2) is 101 Å². The van der Waals surface area contributed by atoms with E-state index in [0.29, 0.717) is 22.4 Å². The van der Waals surface area contributed by atoms with Crippen LogP contribution in [0.25, 0.3) is 32.6 Å². The Hall–Kier alpha value is -5.17. The van der Waals surface area contributed by atoms with Crippen LogP contribution in [0, 0.1) is 0 Å². The summed E-state index contributed by atoms with van der Waals surface area (Å²) in [6.45, 7) is 2.07. The number of rotatable bonds is 5. The maximum atomic E-state index is 13.3. The smallest absolute Gasteiger partial charge is 0.259 e. The summed E-state index contributed by atoms with van der Waals surface area (Å²) >= 11 is 0. The Labute approximate surface area is 218 Å². The third-order valence-electron chi connectivity index (χ3n) is 6.75. The summed E-state index contributed by atoms with van der Waals surface area (Å²) in [4.78, 5) is 16.8. The number of H-pyrrole nitrogens is 1. The number of phenols is 1. The van der Waals surface area contributed by atoms with Gasteiger partial charge in [0.2, 0.25) is 0 Å². The number of phenolic OH excluding ortho intramolecular Hbond substituents is 1. The van der Waals surface area contributed by atoms with Crippen molar-refractivity contribution in [2.75, 3.05) is 11.1 Å². The number of azo groups is 1. The fourth-order valence-corrected chi connectivity index (χ4v) is 4.72. The lowest BCUT2D eigenvalue weighted by molar-refractivity contribution is 0.102. The standard InChI is InChI=1S/C31H25N5O2/c1-2-18-7-12-21(13-8-18)33-31(38)25-17-19-9-16-24-23-5-3-4-6-26(23)34-28(24)27(19)29(30(25)37)36-35-22-14-10-20(32)11-15-22/h3-17,34,37H,2,32H2,1H3,(H,33,38). The van der Waals surface area contributed by atoms with Gasteiger partial charge in [-0.25, -0.2) is 0 Å². The van der Waals surface area contributed by atoms with E-state index in [1.54, 1.807) is 30.3 Å². The molecule has 5 N–H and O–H groups in total. The van der Waals surface area contributed by atoms with E-state index in [9.17, 15) is 9.90 Å². The SMILES string of the molecule is CCc1ccc(NC(=O)c2cc3ccc4c5ccccc5[nH]c4c3c(N=Nc3ccc(N)cc3)c2O)cc1. The number of aromatic hydroxyl groups is 1. The molecule has 38 heavy (non-hydrogen) atoms. The second-order valence-corrected chi connectivity index (χ2v) is 9.17. The molecule has 0 radical (unpaired) electrons. The molecule has 186 valence electrons. The number of carbonyl (C=O) groups is 1. The van der Waals surface area contributed by atoms with Crippen molar-refractivity contribution < 1.29 is 9.90 Å². The highest BCUT2D eigenvalue weighted by Crippen LogP contribution is 2.44. The van der Waals surface area contributed by atoms with Gasteiger partial charge in [-0.05, 0) is 65.9 Å². The highest BCUT2D eigenvalue weighted by atomic mass is 16.3. The second kappa shape index (κ2) is 9.37. The van der Waals surface area contributed by atoms with Crippen LogP contribution < -0.4 is 11.1 Å². The molecule has 1 aromatic heterocycles. The van der Waals surface area contributed by atoms with Gasteiger partial charge < -0.3 is 21.1 Å². The van der Waals surface area contributed by atoms with Gasteiger partial charge in [0.15, 0.2) is 5.75 Å². The number of aromatic nitrogens is 1. The molecule has 5 aromatic carbocycles. The summed E-state index contributed by atoms with van der Waals surface area (Å²) < 4.78 is 0. The van der Waals surface area contributed by atoms with Crippen molar-refractivity contribution in [3.8, 4) is 5.75 Å². The average molecular weight is 500 g/mol. The molecule has 0 saturated carbocycles. The number of nitrogens with two attached hydrogens (primary N) is 1. The lowest BCUT2D eigenvalue weighted by atomic mass is 10.00. The van der Waals surface area contributed by atoms with E-state index in [4.69, 9.17) is 5.73 Å². The molecule has 6 aromatic rings. The van der Waals surface area contributed by atoms with Crippen LogP contribution in [0.2, 0.25) is 0 Å². The number of anilines is 2. The normalized spacial score (nSPS) is 11.6. The van der Waals surface area contributed by atoms with Gasteiger partial charge in [-0.15, -0.1) is 5.11 Å². The molecule has 7 heteroatoms. The first-order chi connectivity index (χ1) is 18.5.